The Morgan fingerprint density at radius 2 is 1.79 bits per heavy atom. The first-order chi connectivity index (χ1) is 13.9. The summed E-state index contributed by atoms with van der Waals surface area (Å²) in [4.78, 5) is 26.7. The lowest BCUT2D eigenvalue weighted by molar-refractivity contribution is 0.0955. The number of amidine groups is 1. The van der Waals surface area contributed by atoms with Crippen molar-refractivity contribution in [2.75, 3.05) is 18.0 Å². The molecule has 0 unspecified atom stereocenters. The number of hydrogen-bond acceptors (Lipinski definition) is 5. The highest BCUT2D eigenvalue weighted by Gasteiger charge is 2.12. The molecule has 0 aliphatic rings. The van der Waals surface area contributed by atoms with Crippen molar-refractivity contribution in [3.63, 3.8) is 0 Å². The molecule has 0 spiro atoms. The minimum absolute atomic E-state index is 0.0947. The summed E-state index contributed by atoms with van der Waals surface area (Å²) in [6.07, 6.45) is 0. The van der Waals surface area contributed by atoms with Gasteiger partial charge in [0.05, 0.1) is 0 Å². The van der Waals surface area contributed by atoms with Crippen LogP contribution in [-0.2, 0) is 0 Å². The molecule has 0 radical (unpaired) electrons. The average Bonchev–Trinajstić information content (AvgIpc) is 2.72. The summed E-state index contributed by atoms with van der Waals surface area (Å²) in [5.41, 5.74) is 10.7. The molecule has 0 saturated carbocycles. The number of amides is 1. The first-order valence-corrected chi connectivity index (χ1v) is 9.46. The first-order valence-electron chi connectivity index (χ1n) is 9.46. The minimum Gasteiger partial charge on any atom is -0.422 e. The smallest absolute Gasteiger partial charge is 0.347 e. The van der Waals surface area contributed by atoms with Crippen LogP contribution in [0, 0.1) is 6.92 Å². The Balaban J connectivity index is 1.86. The van der Waals surface area contributed by atoms with Gasteiger partial charge < -0.3 is 15.1 Å². The van der Waals surface area contributed by atoms with Crippen molar-refractivity contribution in [3.8, 4) is 0 Å². The van der Waals surface area contributed by atoms with Crippen LogP contribution in [0.4, 0.5) is 5.69 Å². The Bertz CT molecular complexity index is 1110. The van der Waals surface area contributed by atoms with Gasteiger partial charge in [-0.05, 0) is 51.1 Å². The molecule has 0 bridgehead atoms. The van der Waals surface area contributed by atoms with Crippen molar-refractivity contribution >= 4 is 28.4 Å². The molecule has 2 aromatic carbocycles. The van der Waals surface area contributed by atoms with Crippen molar-refractivity contribution in [1.29, 1.82) is 0 Å². The number of carbonyl (C=O) groups is 1. The highest BCUT2D eigenvalue weighted by molar-refractivity contribution is 6.01. The van der Waals surface area contributed by atoms with Crippen molar-refractivity contribution in [2.24, 2.45) is 10.8 Å². The Hall–Kier alpha value is -3.61. The van der Waals surface area contributed by atoms with Crippen LogP contribution in [0.3, 0.4) is 0 Å². The zero-order valence-electron chi connectivity index (χ0n) is 16.7. The highest BCUT2D eigenvalue weighted by Crippen LogP contribution is 2.21. The Morgan fingerprint density at radius 1 is 1.10 bits per heavy atom. The van der Waals surface area contributed by atoms with E-state index in [1.54, 1.807) is 18.2 Å². The first kappa shape index (κ1) is 20.1. The fourth-order valence-electron chi connectivity index (χ4n) is 3.00. The monoisotopic (exact) mass is 392 g/mol. The van der Waals surface area contributed by atoms with Gasteiger partial charge in [0, 0.05) is 35.8 Å². The van der Waals surface area contributed by atoms with Crippen LogP contribution in [0.1, 0.15) is 35.3 Å². The van der Waals surface area contributed by atoms with Crippen molar-refractivity contribution < 1.29 is 9.21 Å². The Morgan fingerprint density at radius 3 is 2.45 bits per heavy atom. The zero-order chi connectivity index (χ0) is 21.0. The predicted molar refractivity (Wildman–Crippen MR) is 115 cm³/mol. The molecule has 150 valence electrons. The van der Waals surface area contributed by atoms with Crippen LogP contribution in [-0.4, -0.2) is 24.8 Å². The van der Waals surface area contributed by atoms with Gasteiger partial charge in [-0.3, -0.25) is 4.79 Å². The second-order valence-electron chi connectivity index (χ2n) is 6.65. The summed E-state index contributed by atoms with van der Waals surface area (Å²) in [7, 11) is 0. The molecule has 3 rings (SSSR count). The lowest BCUT2D eigenvalue weighted by Gasteiger charge is -2.21. The third kappa shape index (κ3) is 4.45. The quantitative estimate of drug-likeness (QED) is 0.291. The molecule has 0 atom stereocenters. The van der Waals surface area contributed by atoms with Crippen LogP contribution in [0.15, 0.2) is 62.8 Å². The third-order valence-electron chi connectivity index (χ3n) is 4.72. The van der Waals surface area contributed by atoms with Gasteiger partial charge in [0.15, 0.2) is 5.84 Å². The van der Waals surface area contributed by atoms with Gasteiger partial charge in [-0.2, -0.15) is 5.10 Å². The number of hydrazone groups is 1. The number of aryl methyl sites for hydroxylation is 1. The molecule has 3 aromatic rings. The van der Waals surface area contributed by atoms with E-state index in [1.165, 1.54) is 0 Å². The molecule has 0 aliphatic carbocycles. The molecule has 3 N–H and O–H groups in total. The van der Waals surface area contributed by atoms with E-state index in [-0.39, 0.29) is 11.4 Å². The van der Waals surface area contributed by atoms with Gasteiger partial charge in [-0.15, -0.1) is 0 Å². The second-order valence-corrected chi connectivity index (χ2v) is 6.65. The summed E-state index contributed by atoms with van der Waals surface area (Å²) in [6.45, 7) is 7.76. The van der Waals surface area contributed by atoms with E-state index in [2.05, 4.69) is 29.3 Å². The zero-order valence-corrected chi connectivity index (χ0v) is 16.7. The number of rotatable bonds is 6. The summed E-state index contributed by atoms with van der Waals surface area (Å²) in [5, 5.41) is 4.58. The molecule has 1 amide bonds. The van der Waals surface area contributed by atoms with Crippen molar-refractivity contribution in [1.82, 2.24) is 5.43 Å². The lowest BCUT2D eigenvalue weighted by Crippen LogP contribution is -2.27. The van der Waals surface area contributed by atoms with Crippen LogP contribution >= 0.6 is 0 Å². The number of nitrogens with one attached hydrogen (secondary N) is 1. The molecule has 7 nitrogen and oxygen atoms in total. The summed E-state index contributed by atoms with van der Waals surface area (Å²) in [6, 6.07) is 14.3. The van der Waals surface area contributed by atoms with Crippen LogP contribution in [0.2, 0.25) is 0 Å². The van der Waals surface area contributed by atoms with E-state index in [9.17, 15) is 9.59 Å². The Kier molecular flexibility index (Phi) is 5.97. The van der Waals surface area contributed by atoms with E-state index in [1.807, 2.05) is 37.3 Å². The fourth-order valence-corrected chi connectivity index (χ4v) is 3.00. The maximum absolute atomic E-state index is 12.4. The third-order valence-corrected chi connectivity index (χ3v) is 4.72. The van der Waals surface area contributed by atoms with E-state index >= 15 is 0 Å². The van der Waals surface area contributed by atoms with Crippen LogP contribution < -0.4 is 21.7 Å². The van der Waals surface area contributed by atoms with Gasteiger partial charge in [0.2, 0.25) is 0 Å². The van der Waals surface area contributed by atoms with Gasteiger partial charge in [-0.25, -0.2) is 10.2 Å². The number of benzene rings is 2. The number of carbonyl (C=O) groups excluding carboxylic acids is 1. The number of anilines is 1. The number of fused-ring (bicyclic) bond motifs is 1. The van der Waals surface area contributed by atoms with Gasteiger partial charge in [-0.1, -0.05) is 17.7 Å². The standard InChI is InChI=1S/C22H24N4O3/c1-4-26(5-2)17-11-10-16-12-18(22(28)29-19(16)13-17)20(23)24-25-21(27)15-8-6-14(3)7-9-15/h6-13H,4-5H2,1-3H3,(H2,23,24)(H,25,27). The van der Waals surface area contributed by atoms with Crippen LogP contribution in [0.25, 0.3) is 11.0 Å². The molecule has 7 heteroatoms. The molecule has 29 heavy (non-hydrogen) atoms. The Labute approximate surface area is 168 Å². The van der Waals surface area contributed by atoms with E-state index < -0.39 is 11.5 Å². The van der Waals surface area contributed by atoms with E-state index in [4.69, 9.17) is 10.2 Å². The average molecular weight is 392 g/mol. The van der Waals surface area contributed by atoms with Gasteiger partial charge >= 0.3 is 5.63 Å². The van der Waals surface area contributed by atoms with Gasteiger partial charge in [0.1, 0.15) is 11.1 Å². The largest absolute Gasteiger partial charge is 0.422 e. The minimum atomic E-state index is -0.611. The molecular weight excluding hydrogens is 368 g/mol. The molecule has 0 fully saturated rings. The number of nitrogens with two attached hydrogens (primary N) is 1. The molecule has 0 aliphatic heterocycles. The molecule has 1 aromatic heterocycles. The molecule has 0 saturated heterocycles. The van der Waals surface area contributed by atoms with Crippen molar-refractivity contribution in [3.05, 3.63) is 75.6 Å². The van der Waals surface area contributed by atoms with E-state index in [0.29, 0.717) is 11.1 Å². The molecular formula is C22H24N4O3. The summed E-state index contributed by atoms with van der Waals surface area (Å²) < 4.78 is 5.44. The van der Waals surface area contributed by atoms with Crippen molar-refractivity contribution in [2.45, 2.75) is 20.8 Å². The topological polar surface area (TPSA) is 101 Å². The summed E-state index contributed by atoms with van der Waals surface area (Å²) >= 11 is 0. The maximum Gasteiger partial charge on any atom is 0.347 e. The highest BCUT2D eigenvalue weighted by atomic mass is 16.4. The predicted octanol–water partition coefficient (Wildman–Crippen LogP) is 3.00. The SMILES string of the molecule is CCN(CC)c1ccc2cc(/C(N)=N/NC(=O)c3ccc(C)cc3)c(=O)oc2c1. The second kappa shape index (κ2) is 8.60. The normalized spacial score (nSPS) is 11.5. The van der Waals surface area contributed by atoms with E-state index in [0.717, 1.165) is 29.7 Å². The van der Waals surface area contributed by atoms with Crippen LogP contribution in [0.5, 0.6) is 0 Å². The molecule has 1 heterocycles. The lowest BCUT2D eigenvalue weighted by atomic mass is 10.1. The van der Waals surface area contributed by atoms with Gasteiger partial charge in [0.25, 0.3) is 5.91 Å². The maximum atomic E-state index is 12.4. The number of hydrogen-bond donors (Lipinski definition) is 2. The fraction of sp³-hybridized carbons (Fsp3) is 0.227. The summed E-state index contributed by atoms with van der Waals surface area (Å²) in [5.74, 6) is -0.532. The number of nitrogens with zero attached hydrogens (tertiary/aromatic N) is 2.